The second-order valence-corrected chi connectivity index (χ2v) is 9.95. The first-order chi connectivity index (χ1) is 17.4. The molecule has 8 heteroatoms. The number of amides is 2. The Morgan fingerprint density at radius 2 is 1.83 bits per heavy atom. The number of fused-ring (bicyclic) bond motifs is 1. The minimum absolute atomic E-state index is 0.0296. The number of nitrogens with zero attached hydrogens (tertiary/aromatic N) is 2. The lowest BCUT2D eigenvalue weighted by molar-refractivity contribution is 0.0982. The summed E-state index contributed by atoms with van der Waals surface area (Å²) in [5.74, 6) is -1.25. The summed E-state index contributed by atoms with van der Waals surface area (Å²) in [6.45, 7) is 0.498. The summed E-state index contributed by atoms with van der Waals surface area (Å²) in [7, 11) is 0. The lowest BCUT2D eigenvalue weighted by Gasteiger charge is -2.30. The molecule has 0 saturated heterocycles. The van der Waals surface area contributed by atoms with Crippen molar-refractivity contribution in [3.05, 3.63) is 99.2 Å². The van der Waals surface area contributed by atoms with Crippen molar-refractivity contribution in [1.82, 2.24) is 0 Å². The minimum Gasteiger partial charge on any atom is -0.322 e. The van der Waals surface area contributed by atoms with Gasteiger partial charge in [0.25, 0.3) is 11.8 Å². The van der Waals surface area contributed by atoms with Gasteiger partial charge in [0.1, 0.15) is 5.82 Å². The van der Waals surface area contributed by atoms with Crippen LogP contribution in [-0.4, -0.2) is 24.4 Å². The van der Waals surface area contributed by atoms with Crippen molar-refractivity contribution in [2.45, 2.75) is 38.1 Å². The first kappa shape index (κ1) is 24.1. The van der Waals surface area contributed by atoms with E-state index in [1.807, 2.05) is 24.3 Å². The number of hydrogen-bond donors (Lipinski definition) is 1. The van der Waals surface area contributed by atoms with Crippen LogP contribution in [0.15, 0.2) is 71.9 Å². The SMILES string of the molecule is O=NC1CCCC12CCN(C(=O)c1ccc(NC(=O)c3cc(F)ccc3Cl)cc1)c1ccccc1C2. The summed E-state index contributed by atoms with van der Waals surface area (Å²) >= 11 is 6.03. The van der Waals surface area contributed by atoms with E-state index >= 15 is 0 Å². The highest BCUT2D eigenvalue weighted by atomic mass is 35.5. The van der Waals surface area contributed by atoms with Crippen LogP contribution in [0, 0.1) is 16.1 Å². The van der Waals surface area contributed by atoms with Crippen molar-refractivity contribution in [2.24, 2.45) is 10.6 Å². The number of nitrogens with one attached hydrogen (secondary N) is 1. The molecule has 2 unspecified atom stereocenters. The van der Waals surface area contributed by atoms with Gasteiger partial charge in [0.15, 0.2) is 0 Å². The molecule has 0 radical (unpaired) electrons. The Morgan fingerprint density at radius 3 is 2.61 bits per heavy atom. The fraction of sp³-hybridized carbons (Fsp3) is 0.286. The number of hydrogen-bond acceptors (Lipinski definition) is 4. The molecule has 1 aliphatic carbocycles. The first-order valence-corrected chi connectivity index (χ1v) is 12.4. The molecule has 2 atom stereocenters. The van der Waals surface area contributed by atoms with Gasteiger partial charge in [-0.15, -0.1) is 0 Å². The molecule has 0 bridgehead atoms. The predicted octanol–water partition coefficient (Wildman–Crippen LogP) is 6.63. The summed E-state index contributed by atoms with van der Waals surface area (Å²) in [5.41, 5.74) is 2.65. The van der Waals surface area contributed by atoms with Crippen LogP contribution < -0.4 is 10.2 Å². The smallest absolute Gasteiger partial charge is 0.258 e. The quantitative estimate of drug-likeness (QED) is 0.404. The monoisotopic (exact) mass is 505 g/mol. The Bertz CT molecular complexity index is 1330. The number of carbonyl (C=O) groups is 2. The van der Waals surface area contributed by atoms with Crippen molar-refractivity contribution in [1.29, 1.82) is 0 Å². The molecule has 2 amide bonds. The van der Waals surface area contributed by atoms with E-state index in [1.54, 1.807) is 29.2 Å². The molecule has 3 aromatic carbocycles. The predicted molar refractivity (Wildman–Crippen MR) is 138 cm³/mol. The zero-order valence-electron chi connectivity index (χ0n) is 19.5. The number of nitroso groups, excluding NO2 is 1. The fourth-order valence-corrected chi connectivity index (χ4v) is 5.77. The third-order valence-corrected chi connectivity index (χ3v) is 7.78. The minimum atomic E-state index is -0.558. The van der Waals surface area contributed by atoms with Crippen LogP contribution in [0.2, 0.25) is 5.02 Å². The van der Waals surface area contributed by atoms with Crippen LogP contribution in [0.3, 0.4) is 0 Å². The van der Waals surface area contributed by atoms with Crippen LogP contribution in [0.5, 0.6) is 0 Å². The van der Waals surface area contributed by atoms with Gasteiger partial charge in [-0.25, -0.2) is 4.39 Å². The van der Waals surface area contributed by atoms with Gasteiger partial charge in [-0.2, -0.15) is 4.91 Å². The lowest BCUT2D eigenvalue weighted by atomic mass is 9.75. The molecule has 1 fully saturated rings. The molecule has 1 aliphatic heterocycles. The highest BCUT2D eigenvalue weighted by Crippen LogP contribution is 2.49. The van der Waals surface area contributed by atoms with Gasteiger partial charge in [0.05, 0.1) is 16.6 Å². The molecule has 184 valence electrons. The van der Waals surface area contributed by atoms with Gasteiger partial charge < -0.3 is 10.2 Å². The Balaban J connectivity index is 1.36. The van der Waals surface area contributed by atoms with Gasteiger partial charge in [-0.05, 0) is 79.8 Å². The maximum atomic E-state index is 13.6. The number of para-hydroxylation sites is 1. The number of benzene rings is 3. The lowest BCUT2D eigenvalue weighted by Crippen LogP contribution is -2.35. The highest BCUT2D eigenvalue weighted by Gasteiger charge is 2.46. The van der Waals surface area contributed by atoms with Crippen LogP contribution in [0.1, 0.15) is 52.0 Å². The van der Waals surface area contributed by atoms with Crippen LogP contribution in [0.25, 0.3) is 0 Å². The standard InChI is InChI=1S/C28H25ClFN3O3/c29-23-12-9-20(30)16-22(23)26(34)31-21-10-7-18(8-11-21)27(35)33-15-14-28(13-3-6-25(28)32-36)17-19-4-1-2-5-24(19)33/h1-2,4-5,7-12,16,25H,3,6,13-15,17H2,(H,31,34). The molecule has 6 nitrogen and oxygen atoms in total. The highest BCUT2D eigenvalue weighted by molar-refractivity contribution is 6.34. The zero-order chi connectivity index (χ0) is 25.3. The van der Waals surface area contributed by atoms with E-state index < -0.39 is 11.7 Å². The Morgan fingerprint density at radius 1 is 1.06 bits per heavy atom. The van der Waals surface area contributed by atoms with Crippen molar-refractivity contribution >= 4 is 34.8 Å². The van der Waals surface area contributed by atoms with E-state index in [-0.39, 0.29) is 28.0 Å². The van der Waals surface area contributed by atoms with Crippen LogP contribution in [-0.2, 0) is 6.42 Å². The molecule has 1 heterocycles. The molecule has 1 spiro atoms. The summed E-state index contributed by atoms with van der Waals surface area (Å²) in [5, 5.41) is 6.29. The van der Waals surface area contributed by atoms with Crippen molar-refractivity contribution in [3.8, 4) is 0 Å². The average molecular weight is 506 g/mol. The number of halogens is 2. The van der Waals surface area contributed by atoms with E-state index in [0.717, 1.165) is 43.0 Å². The molecule has 2 aliphatic rings. The first-order valence-electron chi connectivity index (χ1n) is 12.0. The third kappa shape index (κ3) is 4.51. The molecular weight excluding hydrogens is 481 g/mol. The van der Waals surface area contributed by atoms with Gasteiger partial charge in [-0.1, -0.05) is 41.4 Å². The molecule has 5 rings (SSSR count). The van der Waals surface area contributed by atoms with E-state index in [1.165, 1.54) is 12.1 Å². The third-order valence-electron chi connectivity index (χ3n) is 7.45. The van der Waals surface area contributed by atoms with Crippen molar-refractivity contribution < 1.29 is 14.0 Å². The largest absolute Gasteiger partial charge is 0.322 e. The van der Waals surface area contributed by atoms with Gasteiger partial charge >= 0.3 is 0 Å². The Labute approximate surface area is 213 Å². The van der Waals surface area contributed by atoms with E-state index in [0.29, 0.717) is 24.2 Å². The van der Waals surface area contributed by atoms with Crippen molar-refractivity contribution in [3.63, 3.8) is 0 Å². The summed E-state index contributed by atoms with van der Waals surface area (Å²) in [6, 6.07) is 17.8. The van der Waals surface area contributed by atoms with Gasteiger partial charge in [0, 0.05) is 28.9 Å². The molecule has 3 aromatic rings. The number of anilines is 2. The second kappa shape index (κ2) is 9.82. The molecule has 1 N–H and O–H groups in total. The van der Waals surface area contributed by atoms with E-state index in [9.17, 15) is 18.9 Å². The van der Waals surface area contributed by atoms with Crippen LogP contribution >= 0.6 is 11.6 Å². The molecule has 1 saturated carbocycles. The second-order valence-electron chi connectivity index (χ2n) is 9.54. The topological polar surface area (TPSA) is 78.8 Å². The number of rotatable bonds is 4. The van der Waals surface area contributed by atoms with Gasteiger partial charge in [-0.3, -0.25) is 9.59 Å². The zero-order valence-corrected chi connectivity index (χ0v) is 20.3. The Hall–Kier alpha value is -3.58. The van der Waals surface area contributed by atoms with E-state index in [2.05, 4.69) is 10.5 Å². The normalized spacial score (nSPS) is 21.1. The van der Waals surface area contributed by atoms with Crippen molar-refractivity contribution in [2.75, 3.05) is 16.8 Å². The summed E-state index contributed by atoms with van der Waals surface area (Å²) in [6.07, 6.45) is 4.15. The van der Waals surface area contributed by atoms with E-state index in [4.69, 9.17) is 11.6 Å². The average Bonchev–Trinajstić information content (AvgIpc) is 3.20. The maximum absolute atomic E-state index is 13.6. The van der Waals surface area contributed by atoms with Crippen LogP contribution in [0.4, 0.5) is 15.8 Å². The molecule has 0 aromatic heterocycles. The fourth-order valence-electron chi connectivity index (χ4n) is 5.56. The summed E-state index contributed by atoms with van der Waals surface area (Å²) in [4.78, 5) is 39.5. The molecular formula is C28H25ClFN3O3. The number of carbonyl (C=O) groups excluding carboxylic acids is 2. The van der Waals surface area contributed by atoms with Gasteiger partial charge in [0.2, 0.25) is 0 Å². The molecule has 36 heavy (non-hydrogen) atoms. The Kier molecular flexibility index (Phi) is 6.58. The summed E-state index contributed by atoms with van der Waals surface area (Å²) < 4.78 is 13.5. The maximum Gasteiger partial charge on any atom is 0.258 e.